The lowest BCUT2D eigenvalue weighted by atomic mass is 10.3. The Hall–Kier alpha value is -0.870. The van der Waals surface area contributed by atoms with Gasteiger partial charge in [0, 0.05) is 12.6 Å². The molecule has 17 heavy (non-hydrogen) atoms. The molecule has 0 aliphatic heterocycles. The van der Waals surface area contributed by atoms with Gasteiger partial charge in [0.05, 0.1) is 13.2 Å². The Balaban J connectivity index is 3.41. The Labute approximate surface area is 105 Å². The van der Waals surface area contributed by atoms with Crippen molar-refractivity contribution in [3.63, 3.8) is 0 Å². The molecule has 0 heterocycles. The highest BCUT2D eigenvalue weighted by molar-refractivity contribution is 5.81. The van der Waals surface area contributed by atoms with Gasteiger partial charge in [-0.2, -0.15) is 0 Å². The van der Waals surface area contributed by atoms with Crippen molar-refractivity contribution in [1.82, 2.24) is 4.90 Å². The number of esters is 1. The maximum absolute atomic E-state index is 10.7. The maximum atomic E-state index is 10.7. The fourth-order valence-corrected chi connectivity index (χ4v) is 1.52. The molecule has 0 aliphatic rings. The van der Waals surface area contributed by atoms with Gasteiger partial charge < -0.3 is 14.4 Å². The molecule has 0 unspecified atom stereocenters. The van der Waals surface area contributed by atoms with Gasteiger partial charge in [0.2, 0.25) is 0 Å². The van der Waals surface area contributed by atoms with E-state index in [2.05, 4.69) is 25.3 Å². The first-order chi connectivity index (χ1) is 8.24. The van der Waals surface area contributed by atoms with E-state index in [9.17, 15) is 4.79 Å². The van der Waals surface area contributed by atoms with Crippen molar-refractivity contribution in [2.75, 3.05) is 39.5 Å². The highest BCUT2D eigenvalue weighted by Crippen LogP contribution is 1.94. The van der Waals surface area contributed by atoms with E-state index < -0.39 is 5.97 Å². The van der Waals surface area contributed by atoms with Crippen LogP contribution in [0, 0.1) is 0 Å². The van der Waals surface area contributed by atoms with Gasteiger partial charge in [-0.15, -0.1) is 0 Å². The number of carbonyl (C=O) groups is 1. The quantitative estimate of drug-likeness (QED) is 0.315. The Morgan fingerprint density at radius 1 is 1.12 bits per heavy atom. The van der Waals surface area contributed by atoms with Gasteiger partial charge in [0.15, 0.2) is 0 Å². The molecule has 0 aromatic heterocycles. The lowest BCUT2D eigenvalue weighted by Gasteiger charge is -2.20. The predicted octanol–water partition coefficient (Wildman–Crippen LogP) is 1.85. The minimum Gasteiger partial charge on any atom is -0.460 e. The molecule has 0 aromatic carbocycles. The van der Waals surface area contributed by atoms with Crippen LogP contribution in [0.3, 0.4) is 0 Å². The van der Waals surface area contributed by atoms with E-state index in [0.717, 1.165) is 38.6 Å². The van der Waals surface area contributed by atoms with Gasteiger partial charge in [-0.25, -0.2) is 4.79 Å². The molecule has 0 atom stereocenters. The molecule has 0 rings (SSSR count). The van der Waals surface area contributed by atoms with Crippen LogP contribution >= 0.6 is 0 Å². The molecule has 0 fully saturated rings. The predicted molar refractivity (Wildman–Crippen MR) is 69.0 cm³/mol. The zero-order chi connectivity index (χ0) is 12.9. The van der Waals surface area contributed by atoms with E-state index >= 15 is 0 Å². The molecule has 0 amide bonds. The number of hydrogen-bond acceptors (Lipinski definition) is 4. The average Bonchev–Trinajstić information content (AvgIpc) is 2.33. The zero-order valence-electron chi connectivity index (χ0n) is 11.1. The SMILES string of the molecule is C=CC(=O)OCCOCCN(CCC)CCC. The smallest absolute Gasteiger partial charge is 0.330 e. The second-order valence-electron chi connectivity index (χ2n) is 3.83. The highest BCUT2D eigenvalue weighted by Gasteiger charge is 2.02. The number of nitrogens with zero attached hydrogens (tertiary/aromatic N) is 1. The standard InChI is InChI=1S/C13H25NO3/c1-4-7-14(8-5-2)9-10-16-11-12-17-13(15)6-3/h6H,3-5,7-12H2,1-2H3. The van der Waals surface area contributed by atoms with Crippen LogP contribution in [-0.4, -0.2) is 50.3 Å². The van der Waals surface area contributed by atoms with E-state index in [1.165, 1.54) is 0 Å². The van der Waals surface area contributed by atoms with Gasteiger partial charge >= 0.3 is 5.97 Å². The van der Waals surface area contributed by atoms with Crippen LogP contribution in [0.5, 0.6) is 0 Å². The second-order valence-corrected chi connectivity index (χ2v) is 3.83. The van der Waals surface area contributed by atoms with Crippen LogP contribution in [-0.2, 0) is 14.3 Å². The number of rotatable bonds is 11. The third kappa shape index (κ3) is 10.0. The largest absolute Gasteiger partial charge is 0.460 e. The van der Waals surface area contributed by atoms with Crippen molar-refractivity contribution in [2.45, 2.75) is 26.7 Å². The van der Waals surface area contributed by atoms with Crippen LogP contribution in [0.15, 0.2) is 12.7 Å². The van der Waals surface area contributed by atoms with E-state index in [-0.39, 0.29) is 0 Å². The molecule has 0 saturated heterocycles. The average molecular weight is 243 g/mol. The Bertz CT molecular complexity index is 201. The molecule has 0 aromatic rings. The topological polar surface area (TPSA) is 38.8 Å². The van der Waals surface area contributed by atoms with Crippen LogP contribution < -0.4 is 0 Å². The molecule has 4 nitrogen and oxygen atoms in total. The number of ether oxygens (including phenoxy) is 2. The molecule has 0 radical (unpaired) electrons. The summed E-state index contributed by atoms with van der Waals surface area (Å²) in [6.45, 7) is 12.3. The molecule has 0 bridgehead atoms. The molecular formula is C13H25NO3. The minimum atomic E-state index is -0.396. The van der Waals surface area contributed by atoms with Gasteiger partial charge in [-0.05, 0) is 25.9 Å². The first kappa shape index (κ1) is 16.1. The lowest BCUT2D eigenvalue weighted by Crippen LogP contribution is -2.29. The Kier molecular flexibility index (Phi) is 11.0. The Morgan fingerprint density at radius 3 is 2.29 bits per heavy atom. The van der Waals surface area contributed by atoms with Crippen LogP contribution in [0.1, 0.15) is 26.7 Å². The maximum Gasteiger partial charge on any atom is 0.330 e. The Morgan fingerprint density at radius 2 is 1.76 bits per heavy atom. The molecular weight excluding hydrogens is 218 g/mol. The molecule has 0 N–H and O–H groups in total. The second kappa shape index (κ2) is 11.6. The summed E-state index contributed by atoms with van der Waals surface area (Å²) in [6, 6.07) is 0. The minimum absolute atomic E-state index is 0.298. The van der Waals surface area contributed by atoms with Crippen molar-refractivity contribution in [3.8, 4) is 0 Å². The zero-order valence-corrected chi connectivity index (χ0v) is 11.1. The summed E-state index contributed by atoms with van der Waals surface area (Å²) >= 11 is 0. The van der Waals surface area contributed by atoms with Gasteiger partial charge in [-0.3, -0.25) is 0 Å². The first-order valence-electron chi connectivity index (χ1n) is 6.33. The summed E-state index contributed by atoms with van der Waals surface area (Å²) in [5.74, 6) is -0.396. The number of hydrogen-bond donors (Lipinski definition) is 0. The van der Waals surface area contributed by atoms with Gasteiger partial charge in [0.25, 0.3) is 0 Å². The molecule has 0 saturated carbocycles. The van der Waals surface area contributed by atoms with Crippen molar-refractivity contribution in [2.24, 2.45) is 0 Å². The highest BCUT2D eigenvalue weighted by atomic mass is 16.6. The normalized spacial score (nSPS) is 10.5. The van der Waals surface area contributed by atoms with E-state index in [0.29, 0.717) is 19.8 Å². The monoisotopic (exact) mass is 243 g/mol. The summed E-state index contributed by atoms with van der Waals surface area (Å²) < 4.78 is 10.2. The van der Waals surface area contributed by atoms with Crippen LogP contribution in [0.25, 0.3) is 0 Å². The van der Waals surface area contributed by atoms with Gasteiger partial charge in [0.1, 0.15) is 6.61 Å². The third-order valence-corrected chi connectivity index (χ3v) is 2.27. The third-order valence-electron chi connectivity index (χ3n) is 2.27. The van der Waals surface area contributed by atoms with Crippen molar-refractivity contribution >= 4 is 5.97 Å². The molecule has 0 aliphatic carbocycles. The van der Waals surface area contributed by atoms with Crippen molar-refractivity contribution in [3.05, 3.63) is 12.7 Å². The summed E-state index contributed by atoms with van der Waals surface area (Å²) in [7, 11) is 0. The summed E-state index contributed by atoms with van der Waals surface area (Å²) in [4.78, 5) is 13.1. The van der Waals surface area contributed by atoms with Crippen molar-refractivity contribution < 1.29 is 14.3 Å². The fourth-order valence-electron chi connectivity index (χ4n) is 1.52. The first-order valence-corrected chi connectivity index (χ1v) is 6.33. The van der Waals surface area contributed by atoms with Crippen molar-refractivity contribution in [1.29, 1.82) is 0 Å². The summed E-state index contributed by atoms with van der Waals surface area (Å²) in [6.07, 6.45) is 3.48. The summed E-state index contributed by atoms with van der Waals surface area (Å²) in [5.41, 5.74) is 0. The number of carbonyl (C=O) groups excluding carboxylic acids is 1. The van der Waals surface area contributed by atoms with Crippen LogP contribution in [0.2, 0.25) is 0 Å². The van der Waals surface area contributed by atoms with E-state index in [1.54, 1.807) is 0 Å². The van der Waals surface area contributed by atoms with E-state index in [4.69, 9.17) is 9.47 Å². The lowest BCUT2D eigenvalue weighted by molar-refractivity contribution is -0.139. The van der Waals surface area contributed by atoms with E-state index in [1.807, 2.05) is 0 Å². The fraction of sp³-hybridized carbons (Fsp3) is 0.769. The van der Waals surface area contributed by atoms with Gasteiger partial charge in [-0.1, -0.05) is 20.4 Å². The molecule has 0 spiro atoms. The molecule has 4 heteroatoms. The van der Waals surface area contributed by atoms with Crippen LogP contribution in [0.4, 0.5) is 0 Å². The summed E-state index contributed by atoms with van der Waals surface area (Å²) in [5, 5.41) is 0. The molecule has 100 valence electrons.